The van der Waals surface area contributed by atoms with E-state index in [0.717, 1.165) is 5.71 Å². The Hall–Kier alpha value is -0.510. The Labute approximate surface area is 48.9 Å². The van der Waals surface area contributed by atoms with Crippen molar-refractivity contribution >= 4 is 21.3 Å². The van der Waals surface area contributed by atoms with Crippen LogP contribution in [0.4, 0.5) is 0 Å². The highest BCUT2D eigenvalue weighted by Crippen LogP contribution is 1.94. The predicted molar refractivity (Wildman–Crippen MR) is 36.4 cm³/mol. The number of nitrogens with one attached hydrogen (secondary N) is 1. The van der Waals surface area contributed by atoms with Crippen LogP contribution in [-0.2, 0) is 9.71 Å². The summed E-state index contributed by atoms with van der Waals surface area (Å²) >= 11 is 0. The second-order valence-corrected chi connectivity index (χ2v) is 3.99. The van der Waals surface area contributed by atoms with Gasteiger partial charge in [0.2, 0.25) is 0 Å². The molecule has 46 valence electrons. The maximum atomic E-state index is 10.9. The molecular formula is C4H8N2OS. The summed E-state index contributed by atoms with van der Waals surface area (Å²) in [6, 6.07) is 0. The van der Waals surface area contributed by atoms with E-state index in [1.807, 2.05) is 6.92 Å². The minimum atomic E-state index is -2.05. The maximum absolute atomic E-state index is 10.9. The molecule has 8 heavy (non-hydrogen) atoms. The Morgan fingerprint density at radius 3 is 2.75 bits per heavy atom. The van der Waals surface area contributed by atoms with Gasteiger partial charge >= 0.3 is 0 Å². The van der Waals surface area contributed by atoms with Gasteiger partial charge in [-0.3, -0.25) is 0 Å². The minimum absolute atomic E-state index is 0.493. The highest BCUT2D eigenvalue weighted by atomic mass is 32.2. The van der Waals surface area contributed by atoms with E-state index in [4.69, 9.17) is 0 Å². The van der Waals surface area contributed by atoms with Crippen LogP contribution in [0.25, 0.3) is 0 Å². The molecule has 1 heterocycles. The number of rotatable bonds is 0. The fourth-order valence-corrected chi connectivity index (χ4v) is 1.69. The summed E-state index contributed by atoms with van der Waals surface area (Å²) in [5, 5.41) is 3.72. The van der Waals surface area contributed by atoms with E-state index in [2.05, 4.69) is 15.8 Å². The van der Waals surface area contributed by atoms with Gasteiger partial charge in [-0.05, 0) is 12.8 Å². The molecule has 3 nitrogen and oxygen atoms in total. The zero-order valence-corrected chi connectivity index (χ0v) is 5.49. The van der Waals surface area contributed by atoms with Crippen LogP contribution in [0.1, 0.15) is 6.92 Å². The van der Waals surface area contributed by atoms with Crippen LogP contribution in [-0.4, -0.2) is 21.5 Å². The summed E-state index contributed by atoms with van der Waals surface area (Å²) in [4.78, 5) is 2.45. The first kappa shape index (κ1) is 5.62. The van der Waals surface area contributed by atoms with Crippen LogP contribution in [0.15, 0.2) is 5.10 Å². The van der Waals surface area contributed by atoms with Gasteiger partial charge in [0.1, 0.15) is 0 Å². The molecular weight excluding hydrogens is 124 g/mol. The number of hydrazone groups is 1. The molecule has 0 amide bonds. The van der Waals surface area contributed by atoms with E-state index in [0.29, 0.717) is 5.75 Å². The average molecular weight is 132 g/mol. The Balaban J connectivity index is 2.85. The van der Waals surface area contributed by atoms with Gasteiger partial charge in [-0.1, -0.05) is 0 Å². The van der Waals surface area contributed by atoms with Crippen molar-refractivity contribution < 1.29 is 4.21 Å². The van der Waals surface area contributed by atoms with Gasteiger partial charge in [0.05, 0.1) is 15.5 Å². The fourth-order valence-electron chi connectivity index (χ4n) is 0.563. The lowest BCUT2D eigenvalue weighted by Crippen LogP contribution is -2.14. The van der Waals surface area contributed by atoms with E-state index in [1.165, 1.54) is 0 Å². The van der Waals surface area contributed by atoms with Gasteiger partial charge in [0.25, 0.3) is 0 Å². The van der Waals surface area contributed by atoms with Crippen molar-refractivity contribution in [3.8, 4) is 0 Å². The van der Waals surface area contributed by atoms with Gasteiger partial charge in [0.15, 0.2) is 0 Å². The molecule has 0 radical (unpaired) electrons. The molecule has 1 aliphatic rings. The summed E-state index contributed by atoms with van der Waals surface area (Å²) in [5.74, 6) is 3.92. The normalized spacial score (nSPS) is 36.4. The molecule has 4 heteroatoms. The van der Waals surface area contributed by atoms with E-state index >= 15 is 0 Å². The smallest absolute Gasteiger partial charge is 0.0748 e. The molecule has 1 aliphatic heterocycles. The molecule has 0 aromatic rings. The van der Waals surface area contributed by atoms with Crippen molar-refractivity contribution in [2.24, 2.45) is 5.10 Å². The first-order chi connectivity index (χ1) is 3.60. The van der Waals surface area contributed by atoms with Gasteiger partial charge in [-0.25, -0.2) is 9.04 Å². The first-order valence-corrected chi connectivity index (χ1v) is 4.15. The molecule has 0 aliphatic carbocycles. The van der Waals surface area contributed by atoms with Crippen LogP contribution < -0.4 is 4.83 Å². The molecule has 1 atom stereocenters. The lowest BCUT2D eigenvalue weighted by Gasteiger charge is -1.92. The summed E-state index contributed by atoms with van der Waals surface area (Å²) in [7, 11) is -2.05. The summed E-state index contributed by atoms with van der Waals surface area (Å²) in [5.41, 5.74) is 0.866. The standard InChI is InChI=1S/C4H8N2OS/c1-4-3-8(2,7)6-5-4/h2-3H2,1H3,(H,6,7). The zero-order chi connectivity index (χ0) is 6.20. The van der Waals surface area contributed by atoms with Gasteiger partial charge in [-0.2, -0.15) is 5.10 Å². The highest BCUT2D eigenvalue weighted by molar-refractivity contribution is 7.99. The summed E-state index contributed by atoms with van der Waals surface area (Å²) < 4.78 is 10.9. The molecule has 0 bridgehead atoms. The first-order valence-electron chi connectivity index (χ1n) is 2.25. The molecule has 0 fully saturated rings. The monoisotopic (exact) mass is 132 g/mol. The third-order valence-corrected chi connectivity index (χ3v) is 2.15. The van der Waals surface area contributed by atoms with Gasteiger partial charge in [-0.15, -0.1) is 0 Å². The van der Waals surface area contributed by atoms with Crippen molar-refractivity contribution in [1.82, 2.24) is 4.83 Å². The second kappa shape index (κ2) is 1.48. The molecule has 1 unspecified atom stereocenters. The molecule has 0 aromatic heterocycles. The van der Waals surface area contributed by atoms with Crippen LogP contribution in [0.2, 0.25) is 0 Å². The molecule has 0 saturated carbocycles. The van der Waals surface area contributed by atoms with E-state index in [9.17, 15) is 4.21 Å². The molecule has 1 rings (SSSR count). The van der Waals surface area contributed by atoms with Crippen molar-refractivity contribution in [1.29, 1.82) is 0 Å². The number of hydrogen-bond donors (Lipinski definition) is 1. The van der Waals surface area contributed by atoms with Crippen molar-refractivity contribution in [2.75, 3.05) is 5.75 Å². The SMILES string of the molecule is C=S1(=O)CC(C)=NN1. The molecule has 0 saturated heterocycles. The Kier molecular flexibility index (Phi) is 1.04. The quantitative estimate of drug-likeness (QED) is 0.447. The Morgan fingerprint density at radius 2 is 2.62 bits per heavy atom. The van der Waals surface area contributed by atoms with Crippen molar-refractivity contribution in [3.05, 3.63) is 0 Å². The predicted octanol–water partition coefficient (Wildman–Crippen LogP) is -0.403. The molecule has 1 N–H and O–H groups in total. The third-order valence-electron chi connectivity index (χ3n) is 0.845. The highest BCUT2D eigenvalue weighted by Gasteiger charge is 2.09. The topological polar surface area (TPSA) is 41.5 Å². The largest absolute Gasteiger partial charge is 0.246 e. The van der Waals surface area contributed by atoms with Crippen LogP contribution in [0, 0.1) is 0 Å². The molecule has 0 spiro atoms. The molecule has 0 aromatic carbocycles. The van der Waals surface area contributed by atoms with E-state index in [1.54, 1.807) is 0 Å². The lowest BCUT2D eigenvalue weighted by atomic mass is 10.5. The maximum Gasteiger partial charge on any atom is 0.0748 e. The fraction of sp³-hybridized carbons (Fsp3) is 0.500. The van der Waals surface area contributed by atoms with E-state index in [-0.39, 0.29) is 0 Å². The van der Waals surface area contributed by atoms with Crippen LogP contribution in [0.5, 0.6) is 0 Å². The lowest BCUT2D eigenvalue weighted by molar-refractivity contribution is 0.678. The van der Waals surface area contributed by atoms with Gasteiger partial charge < -0.3 is 0 Å². The third kappa shape index (κ3) is 1.01. The Bertz CT molecular complexity index is 214. The zero-order valence-electron chi connectivity index (χ0n) is 4.68. The second-order valence-electron chi connectivity index (χ2n) is 1.89. The average Bonchev–Trinajstić information content (AvgIpc) is 1.82. The number of hydrogen-bond acceptors (Lipinski definition) is 2. The number of nitrogens with zero attached hydrogens (tertiary/aromatic N) is 1. The summed E-state index contributed by atoms with van der Waals surface area (Å²) in [6.45, 7) is 1.82. The summed E-state index contributed by atoms with van der Waals surface area (Å²) in [6.07, 6.45) is 0. The van der Waals surface area contributed by atoms with E-state index < -0.39 is 9.71 Å². The van der Waals surface area contributed by atoms with Crippen LogP contribution >= 0.6 is 0 Å². The van der Waals surface area contributed by atoms with Crippen LogP contribution in [0.3, 0.4) is 0 Å². The van der Waals surface area contributed by atoms with Crippen molar-refractivity contribution in [2.45, 2.75) is 6.92 Å². The van der Waals surface area contributed by atoms with Gasteiger partial charge in [0, 0.05) is 5.71 Å². The van der Waals surface area contributed by atoms with Crippen molar-refractivity contribution in [3.63, 3.8) is 0 Å². The Morgan fingerprint density at radius 1 is 2.00 bits per heavy atom. The minimum Gasteiger partial charge on any atom is -0.246 e.